The minimum Gasteiger partial charge on any atom is -0.366 e. The van der Waals surface area contributed by atoms with Crippen molar-refractivity contribution in [3.05, 3.63) is 34.9 Å². The number of carbonyl (C=O) groups is 2. The minimum absolute atomic E-state index is 0.112. The topological polar surface area (TPSA) is 84.2 Å². The van der Waals surface area contributed by atoms with Crippen molar-refractivity contribution in [2.45, 2.75) is 38.8 Å². The fourth-order valence-corrected chi connectivity index (χ4v) is 2.00. The molecule has 0 spiro atoms. The van der Waals surface area contributed by atoms with Gasteiger partial charge in [0.15, 0.2) is 0 Å². The van der Waals surface area contributed by atoms with Crippen molar-refractivity contribution in [3.8, 4) is 0 Å². The number of primary amides is 1. The molecule has 1 aromatic rings. The first-order valence-corrected chi connectivity index (χ1v) is 6.95. The van der Waals surface area contributed by atoms with Crippen LogP contribution in [0.4, 0.5) is 0 Å². The van der Waals surface area contributed by atoms with E-state index >= 15 is 0 Å². The van der Waals surface area contributed by atoms with Crippen LogP contribution < -0.4 is 16.4 Å². The van der Waals surface area contributed by atoms with Gasteiger partial charge in [0.1, 0.15) is 0 Å². The summed E-state index contributed by atoms with van der Waals surface area (Å²) in [5.41, 5.74) is 7.89. The molecule has 1 aliphatic rings. The monoisotopic (exact) mass is 275 g/mol. The quantitative estimate of drug-likeness (QED) is 0.645. The molecule has 108 valence electrons. The van der Waals surface area contributed by atoms with Gasteiger partial charge < -0.3 is 16.4 Å². The summed E-state index contributed by atoms with van der Waals surface area (Å²) in [5.74, 6) is -0.301. The maximum atomic E-state index is 11.5. The molecule has 0 saturated heterocycles. The van der Waals surface area contributed by atoms with E-state index in [2.05, 4.69) is 10.6 Å². The van der Waals surface area contributed by atoms with E-state index in [4.69, 9.17) is 5.73 Å². The molecule has 2 rings (SSSR count). The minimum atomic E-state index is -0.413. The van der Waals surface area contributed by atoms with Crippen molar-refractivity contribution in [2.75, 3.05) is 6.54 Å². The second kappa shape index (κ2) is 6.52. The van der Waals surface area contributed by atoms with Crippen molar-refractivity contribution in [3.63, 3.8) is 0 Å². The zero-order valence-electron chi connectivity index (χ0n) is 11.7. The summed E-state index contributed by atoms with van der Waals surface area (Å²) in [6.45, 7) is 3.28. The molecule has 4 N–H and O–H groups in total. The molecule has 5 nitrogen and oxygen atoms in total. The molecule has 0 unspecified atom stereocenters. The molecule has 0 bridgehead atoms. The standard InChI is InChI=1S/C15H21N3O2/c1-10-8-11(15(16)20)2-3-12(10)9-17-7-6-14(19)18-13-4-5-13/h2-3,8,13,17H,4-7,9H2,1H3,(H2,16,20)(H,18,19). The summed E-state index contributed by atoms with van der Waals surface area (Å²) in [4.78, 5) is 22.5. The Labute approximate surface area is 118 Å². The van der Waals surface area contributed by atoms with Gasteiger partial charge in [0.2, 0.25) is 11.8 Å². The lowest BCUT2D eigenvalue weighted by Gasteiger charge is -2.09. The molecule has 5 heteroatoms. The van der Waals surface area contributed by atoms with Gasteiger partial charge >= 0.3 is 0 Å². The Morgan fingerprint density at radius 2 is 2.10 bits per heavy atom. The average molecular weight is 275 g/mol. The molecular formula is C15H21N3O2. The molecule has 1 aromatic carbocycles. The molecule has 0 radical (unpaired) electrons. The number of rotatable bonds is 7. The Morgan fingerprint density at radius 3 is 2.70 bits per heavy atom. The van der Waals surface area contributed by atoms with Crippen molar-refractivity contribution in [2.24, 2.45) is 5.73 Å². The molecular weight excluding hydrogens is 254 g/mol. The zero-order chi connectivity index (χ0) is 14.5. The van der Waals surface area contributed by atoms with Crippen LogP contribution in [-0.2, 0) is 11.3 Å². The first kappa shape index (κ1) is 14.5. The number of amides is 2. The molecule has 0 atom stereocenters. The summed E-state index contributed by atoms with van der Waals surface area (Å²) in [6, 6.07) is 5.84. The lowest BCUT2D eigenvalue weighted by molar-refractivity contribution is -0.121. The summed E-state index contributed by atoms with van der Waals surface area (Å²) in [5, 5.41) is 6.19. The molecule has 0 heterocycles. The van der Waals surface area contributed by atoms with Crippen LogP contribution in [0.15, 0.2) is 18.2 Å². The van der Waals surface area contributed by atoms with Crippen LogP contribution in [0, 0.1) is 6.92 Å². The van der Waals surface area contributed by atoms with E-state index in [1.54, 1.807) is 12.1 Å². The van der Waals surface area contributed by atoms with Gasteiger partial charge in [-0.1, -0.05) is 6.07 Å². The highest BCUT2D eigenvalue weighted by Crippen LogP contribution is 2.18. The van der Waals surface area contributed by atoms with Gasteiger partial charge in [0.05, 0.1) is 0 Å². The van der Waals surface area contributed by atoms with E-state index in [9.17, 15) is 9.59 Å². The first-order valence-electron chi connectivity index (χ1n) is 6.95. The third-order valence-corrected chi connectivity index (χ3v) is 3.41. The summed E-state index contributed by atoms with van der Waals surface area (Å²) >= 11 is 0. The Bertz CT molecular complexity index is 510. The van der Waals surface area contributed by atoms with Crippen LogP contribution in [0.25, 0.3) is 0 Å². The Hall–Kier alpha value is -1.88. The average Bonchev–Trinajstić information content (AvgIpc) is 3.19. The molecule has 20 heavy (non-hydrogen) atoms. The Morgan fingerprint density at radius 1 is 1.35 bits per heavy atom. The molecule has 1 aliphatic carbocycles. The number of benzene rings is 1. The first-order chi connectivity index (χ1) is 9.56. The highest BCUT2D eigenvalue weighted by atomic mass is 16.2. The Balaban J connectivity index is 1.73. The van der Waals surface area contributed by atoms with Crippen molar-refractivity contribution in [1.82, 2.24) is 10.6 Å². The highest BCUT2D eigenvalue weighted by Gasteiger charge is 2.22. The lowest BCUT2D eigenvalue weighted by atomic mass is 10.0. The number of nitrogens with one attached hydrogen (secondary N) is 2. The van der Waals surface area contributed by atoms with Crippen molar-refractivity contribution >= 4 is 11.8 Å². The fraction of sp³-hybridized carbons (Fsp3) is 0.467. The van der Waals surface area contributed by atoms with Gasteiger partial charge in [0.25, 0.3) is 0 Å². The van der Waals surface area contributed by atoms with E-state index < -0.39 is 5.91 Å². The number of hydrogen-bond donors (Lipinski definition) is 3. The van der Waals surface area contributed by atoms with Crippen LogP contribution in [0.3, 0.4) is 0 Å². The third-order valence-electron chi connectivity index (χ3n) is 3.41. The molecule has 1 saturated carbocycles. The van der Waals surface area contributed by atoms with Gasteiger partial charge in [-0.15, -0.1) is 0 Å². The smallest absolute Gasteiger partial charge is 0.248 e. The highest BCUT2D eigenvalue weighted by molar-refractivity contribution is 5.93. The van der Waals surface area contributed by atoms with Crippen LogP contribution in [0.1, 0.15) is 40.7 Å². The van der Waals surface area contributed by atoms with Gasteiger partial charge in [0, 0.05) is 31.1 Å². The van der Waals surface area contributed by atoms with E-state index in [0.717, 1.165) is 24.0 Å². The maximum Gasteiger partial charge on any atom is 0.248 e. The second-order valence-corrected chi connectivity index (χ2v) is 5.27. The molecule has 1 fully saturated rings. The van der Waals surface area contributed by atoms with Gasteiger partial charge in [-0.25, -0.2) is 0 Å². The van der Waals surface area contributed by atoms with Crippen LogP contribution in [0.5, 0.6) is 0 Å². The molecule has 2 amide bonds. The Kier molecular flexibility index (Phi) is 4.74. The third kappa shape index (κ3) is 4.35. The SMILES string of the molecule is Cc1cc(C(N)=O)ccc1CNCCC(=O)NC1CC1. The second-order valence-electron chi connectivity index (χ2n) is 5.27. The normalized spacial score (nSPS) is 14.1. The van der Waals surface area contributed by atoms with Gasteiger partial charge in [-0.2, -0.15) is 0 Å². The summed E-state index contributed by atoms with van der Waals surface area (Å²) in [7, 11) is 0. The predicted octanol–water partition coefficient (Wildman–Crippen LogP) is 0.852. The van der Waals surface area contributed by atoms with Gasteiger partial charge in [-0.3, -0.25) is 9.59 Å². The maximum absolute atomic E-state index is 11.5. The van der Waals surface area contributed by atoms with Crippen LogP contribution in [0.2, 0.25) is 0 Å². The van der Waals surface area contributed by atoms with E-state index in [0.29, 0.717) is 31.1 Å². The number of aryl methyl sites for hydroxylation is 1. The largest absolute Gasteiger partial charge is 0.366 e. The lowest BCUT2D eigenvalue weighted by Crippen LogP contribution is -2.29. The number of hydrogen-bond acceptors (Lipinski definition) is 3. The van der Waals surface area contributed by atoms with Crippen molar-refractivity contribution in [1.29, 1.82) is 0 Å². The van der Waals surface area contributed by atoms with Gasteiger partial charge in [-0.05, 0) is 43.0 Å². The number of nitrogens with two attached hydrogens (primary N) is 1. The number of carbonyl (C=O) groups excluding carboxylic acids is 2. The van der Waals surface area contributed by atoms with Crippen LogP contribution >= 0.6 is 0 Å². The molecule has 0 aromatic heterocycles. The van der Waals surface area contributed by atoms with E-state index in [1.807, 2.05) is 13.0 Å². The fourth-order valence-electron chi connectivity index (χ4n) is 2.00. The predicted molar refractivity (Wildman–Crippen MR) is 77.2 cm³/mol. The van der Waals surface area contributed by atoms with E-state index in [-0.39, 0.29) is 5.91 Å². The van der Waals surface area contributed by atoms with Crippen LogP contribution in [-0.4, -0.2) is 24.4 Å². The summed E-state index contributed by atoms with van der Waals surface area (Å²) in [6.07, 6.45) is 2.73. The van der Waals surface area contributed by atoms with Crippen molar-refractivity contribution < 1.29 is 9.59 Å². The molecule has 0 aliphatic heterocycles. The zero-order valence-corrected chi connectivity index (χ0v) is 11.7. The van der Waals surface area contributed by atoms with E-state index in [1.165, 1.54) is 0 Å². The summed E-state index contributed by atoms with van der Waals surface area (Å²) < 4.78 is 0.